The summed E-state index contributed by atoms with van der Waals surface area (Å²) in [6.07, 6.45) is 7.91. The molecule has 2 aliphatic rings. The van der Waals surface area contributed by atoms with Crippen LogP contribution in [-0.4, -0.2) is 13.2 Å². The molecule has 1 saturated carbocycles. The summed E-state index contributed by atoms with van der Waals surface area (Å²) >= 11 is 3.54. The summed E-state index contributed by atoms with van der Waals surface area (Å²) < 4.78 is 7.00. The molecular weight excluding hydrogens is 326 g/mol. The van der Waals surface area contributed by atoms with Gasteiger partial charge in [-0.3, -0.25) is 0 Å². The van der Waals surface area contributed by atoms with E-state index in [0.29, 0.717) is 6.04 Å². The molecule has 1 fully saturated rings. The Kier molecular flexibility index (Phi) is 5.23. The second kappa shape index (κ2) is 7.15. The molecule has 1 atom stereocenters. The predicted octanol–water partition coefficient (Wildman–Crippen LogP) is 5.08. The fourth-order valence-electron chi connectivity index (χ4n) is 3.60. The van der Waals surface area contributed by atoms with Crippen LogP contribution >= 0.6 is 15.9 Å². The van der Waals surface area contributed by atoms with Gasteiger partial charge >= 0.3 is 0 Å². The summed E-state index contributed by atoms with van der Waals surface area (Å²) in [7, 11) is 0. The van der Waals surface area contributed by atoms with E-state index >= 15 is 0 Å². The topological polar surface area (TPSA) is 21.3 Å². The quantitative estimate of drug-likeness (QED) is 0.819. The lowest BCUT2D eigenvalue weighted by atomic mass is 9.83. The maximum Gasteiger partial charge on any atom is 0.125 e. The van der Waals surface area contributed by atoms with Crippen molar-refractivity contribution in [2.75, 3.05) is 13.2 Å². The zero-order chi connectivity index (χ0) is 14.7. The lowest BCUT2D eigenvalue weighted by molar-refractivity contribution is 0.271. The van der Waals surface area contributed by atoms with E-state index in [0.717, 1.165) is 41.6 Å². The van der Waals surface area contributed by atoms with Crippen LogP contribution in [0.25, 0.3) is 0 Å². The minimum Gasteiger partial charge on any atom is -0.493 e. The molecule has 0 aromatic heterocycles. The molecule has 116 valence electrons. The van der Waals surface area contributed by atoms with E-state index < -0.39 is 0 Å². The van der Waals surface area contributed by atoms with Crippen LogP contribution in [0.3, 0.4) is 0 Å². The number of benzene rings is 1. The van der Waals surface area contributed by atoms with Gasteiger partial charge in [-0.05, 0) is 56.2 Å². The summed E-state index contributed by atoms with van der Waals surface area (Å²) in [6.45, 7) is 4.38. The zero-order valence-corrected chi connectivity index (χ0v) is 14.5. The summed E-state index contributed by atoms with van der Waals surface area (Å²) in [4.78, 5) is 0. The van der Waals surface area contributed by atoms with E-state index in [2.05, 4.69) is 46.4 Å². The highest BCUT2D eigenvalue weighted by molar-refractivity contribution is 9.10. The minimum atomic E-state index is 0.454. The van der Waals surface area contributed by atoms with Gasteiger partial charge in [0.05, 0.1) is 6.61 Å². The van der Waals surface area contributed by atoms with Crippen molar-refractivity contribution < 1.29 is 4.74 Å². The molecule has 1 N–H and O–H groups in total. The standard InChI is InChI=1S/C18H26BrNO/c1-13-4-6-14(7-5-13)12-20-17-3-2-10-21-18-11-15(19)8-9-16(17)18/h8-9,11,13-14,17,20H,2-7,10,12H2,1H3. The van der Waals surface area contributed by atoms with E-state index in [1.807, 2.05) is 0 Å². The molecule has 3 rings (SSSR count). The van der Waals surface area contributed by atoms with Gasteiger partial charge in [-0.25, -0.2) is 0 Å². The Bertz CT molecular complexity index is 468. The largest absolute Gasteiger partial charge is 0.493 e. The van der Waals surface area contributed by atoms with E-state index in [1.165, 1.54) is 37.7 Å². The van der Waals surface area contributed by atoms with Crippen LogP contribution in [0, 0.1) is 11.8 Å². The van der Waals surface area contributed by atoms with Gasteiger partial charge in [0.15, 0.2) is 0 Å². The molecule has 0 amide bonds. The van der Waals surface area contributed by atoms with Gasteiger partial charge in [-0.1, -0.05) is 41.8 Å². The minimum absolute atomic E-state index is 0.454. The number of rotatable bonds is 3. The Morgan fingerprint density at radius 3 is 2.81 bits per heavy atom. The maximum absolute atomic E-state index is 5.90. The Morgan fingerprint density at radius 1 is 1.19 bits per heavy atom. The van der Waals surface area contributed by atoms with Crippen LogP contribution in [-0.2, 0) is 0 Å². The van der Waals surface area contributed by atoms with Gasteiger partial charge < -0.3 is 10.1 Å². The van der Waals surface area contributed by atoms with E-state index in [1.54, 1.807) is 0 Å². The molecule has 1 heterocycles. The number of halogens is 1. The average Bonchev–Trinajstić information content (AvgIpc) is 2.68. The van der Waals surface area contributed by atoms with Crippen molar-refractivity contribution in [2.24, 2.45) is 11.8 Å². The maximum atomic E-state index is 5.90. The van der Waals surface area contributed by atoms with Gasteiger partial charge in [0.1, 0.15) is 5.75 Å². The first kappa shape index (κ1) is 15.4. The first-order valence-corrected chi connectivity index (χ1v) is 9.17. The lowest BCUT2D eigenvalue weighted by Gasteiger charge is -2.28. The third-order valence-corrected chi connectivity index (χ3v) is 5.53. The van der Waals surface area contributed by atoms with E-state index in [4.69, 9.17) is 4.74 Å². The molecule has 1 aromatic carbocycles. The highest BCUT2D eigenvalue weighted by Crippen LogP contribution is 2.34. The van der Waals surface area contributed by atoms with Crippen molar-refractivity contribution in [2.45, 2.75) is 51.5 Å². The molecule has 0 saturated heterocycles. The second-order valence-corrected chi connectivity index (χ2v) is 7.68. The summed E-state index contributed by atoms with van der Waals surface area (Å²) in [5.41, 5.74) is 1.33. The fourth-order valence-corrected chi connectivity index (χ4v) is 3.94. The molecule has 21 heavy (non-hydrogen) atoms. The SMILES string of the molecule is CC1CCC(CNC2CCCOc3cc(Br)ccc32)CC1. The van der Waals surface area contributed by atoms with Gasteiger partial charge in [0, 0.05) is 16.1 Å². The molecule has 0 spiro atoms. The molecule has 3 heteroatoms. The smallest absolute Gasteiger partial charge is 0.125 e. The second-order valence-electron chi connectivity index (χ2n) is 6.76. The number of ether oxygens (including phenoxy) is 1. The normalized spacial score (nSPS) is 29.3. The molecule has 0 bridgehead atoms. The first-order chi connectivity index (χ1) is 10.2. The Morgan fingerprint density at radius 2 is 2.00 bits per heavy atom. The number of hydrogen-bond donors (Lipinski definition) is 1. The number of fused-ring (bicyclic) bond motifs is 1. The number of nitrogens with one attached hydrogen (secondary N) is 1. The van der Waals surface area contributed by atoms with Crippen LogP contribution < -0.4 is 10.1 Å². The van der Waals surface area contributed by atoms with Crippen LogP contribution in [0.1, 0.15) is 57.1 Å². The van der Waals surface area contributed by atoms with Gasteiger partial charge in [0.2, 0.25) is 0 Å². The summed E-state index contributed by atoms with van der Waals surface area (Å²) in [5, 5.41) is 3.83. The Labute approximate surface area is 136 Å². The highest BCUT2D eigenvalue weighted by atomic mass is 79.9. The van der Waals surface area contributed by atoms with E-state index in [-0.39, 0.29) is 0 Å². The van der Waals surface area contributed by atoms with Crippen molar-refractivity contribution in [1.82, 2.24) is 5.32 Å². The molecule has 0 radical (unpaired) electrons. The summed E-state index contributed by atoms with van der Waals surface area (Å²) in [6, 6.07) is 6.91. The van der Waals surface area contributed by atoms with Crippen molar-refractivity contribution in [3.8, 4) is 5.75 Å². The van der Waals surface area contributed by atoms with Crippen LogP contribution in [0.5, 0.6) is 5.75 Å². The molecular formula is C18H26BrNO. The Balaban J connectivity index is 1.63. The van der Waals surface area contributed by atoms with Gasteiger partial charge in [0.25, 0.3) is 0 Å². The average molecular weight is 352 g/mol. The van der Waals surface area contributed by atoms with Crippen LogP contribution in [0.15, 0.2) is 22.7 Å². The molecule has 2 nitrogen and oxygen atoms in total. The van der Waals surface area contributed by atoms with Crippen LogP contribution in [0.4, 0.5) is 0 Å². The van der Waals surface area contributed by atoms with Gasteiger partial charge in [-0.15, -0.1) is 0 Å². The monoisotopic (exact) mass is 351 g/mol. The van der Waals surface area contributed by atoms with Crippen molar-refractivity contribution >= 4 is 15.9 Å². The van der Waals surface area contributed by atoms with Gasteiger partial charge in [-0.2, -0.15) is 0 Å². The van der Waals surface area contributed by atoms with E-state index in [9.17, 15) is 0 Å². The number of hydrogen-bond acceptors (Lipinski definition) is 2. The third-order valence-electron chi connectivity index (χ3n) is 5.03. The fraction of sp³-hybridized carbons (Fsp3) is 0.667. The van der Waals surface area contributed by atoms with Crippen molar-refractivity contribution in [3.63, 3.8) is 0 Å². The molecule has 1 aliphatic carbocycles. The third kappa shape index (κ3) is 4.01. The summed E-state index contributed by atoms with van der Waals surface area (Å²) in [5.74, 6) is 2.85. The Hall–Kier alpha value is -0.540. The van der Waals surface area contributed by atoms with Crippen LogP contribution in [0.2, 0.25) is 0 Å². The molecule has 1 aliphatic heterocycles. The highest BCUT2D eigenvalue weighted by Gasteiger charge is 2.22. The predicted molar refractivity (Wildman–Crippen MR) is 90.7 cm³/mol. The van der Waals surface area contributed by atoms with Crippen molar-refractivity contribution in [1.29, 1.82) is 0 Å². The lowest BCUT2D eigenvalue weighted by Crippen LogP contribution is -2.29. The first-order valence-electron chi connectivity index (χ1n) is 8.38. The molecule has 1 aromatic rings. The molecule has 1 unspecified atom stereocenters. The zero-order valence-electron chi connectivity index (χ0n) is 12.9. The van der Waals surface area contributed by atoms with Crippen molar-refractivity contribution in [3.05, 3.63) is 28.2 Å².